The van der Waals surface area contributed by atoms with Gasteiger partial charge < -0.3 is 10.2 Å². The molecule has 5 heteroatoms. The molecule has 130 valence electrons. The molecule has 4 nitrogen and oxygen atoms in total. The van der Waals surface area contributed by atoms with Crippen molar-refractivity contribution in [2.45, 2.75) is 32.2 Å². The van der Waals surface area contributed by atoms with Crippen LogP contribution >= 0.6 is 0 Å². The second-order valence-electron chi connectivity index (χ2n) is 6.33. The third kappa shape index (κ3) is 4.24. The van der Waals surface area contributed by atoms with Crippen LogP contribution in [0.15, 0.2) is 48.5 Å². The molecule has 1 fully saturated rings. The molecule has 1 aliphatic rings. The van der Waals surface area contributed by atoms with Crippen LogP contribution in [0, 0.1) is 5.82 Å². The van der Waals surface area contributed by atoms with Crippen LogP contribution in [-0.4, -0.2) is 18.4 Å². The van der Waals surface area contributed by atoms with Gasteiger partial charge in [0.1, 0.15) is 5.82 Å². The van der Waals surface area contributed by atoms with E-state index in [1.54, 1.807) is 17.0 Å². The monoisotopic (exact) mass is 340 g/mol. The van der Waals surface area contributed by atoms with E-state index in [0.29, 0.717) is 6.42 Å². The van der Waals surface area contributed by atoms with E-state index in [1.807, 2.05) is 31.2 Å². The number of hydrogen-bond donors (Lipinski definition) is 1. The Hall–Kier alpha value is -2.69. The zero-order valence-electron chi connectivity index (χ0n) is 14.2. The van der Waals surface area contributed by atoms with Crippen molar-refractivity contribution in [1.82, 2.24) is 5.32 Å². The minimum atomic E-state index is -0.293. The maximum Gasteiger partial charge on any atom is 0.227 e. The lowest BCUT2D eigenvalue weighted by atomic mass is 10.1. The van der Waals surface area contributed by atoms with Crippen LogP contribution in [0.1, 0.15) is 36.9 Å². The lowest BCUT2D eigenvalue weighted by Gasteiger charge is -2.16. The molecular formula is C20H21FN2O2. The van der Waals surface area contributed by atoms with Crippen LogP contribution in [0.4, 0.5) is 10.1 Å². The van der Waals surface area contributed by atoms with Gasteiger partial charge in [0.05, 0.1) is 12.5 Å². The summed E-state index contributed by atoms with van der Waals surface area (Å²) in [6.07, 6.45) is 1.76. The van der Waals surface area contributed by atoms with E-state index in [1.165, 1.54) is 12.1 Å². The van der Waals surface area contributed by atoms with E-state index in [-0.39, 0.29) is 30.1 Å². The average Bonchev–Trinajstić information content (AvgIpc) is 3.02. The maximum absolute atomic E-state index is 13.0. The molecule has 0 unspecified atom stereocenters. The van der Waals surface area contributed by atoms with Gasteiger partial charge in [0.25, 0.3) is 0 Å². The van der Waals surface area contributed by atoms with Crippen LogP contribution < -0.4 is 10.2 Å². The van der Waals surface area contributed by atoms with Gasteiger partial charge in [0.2, 0.25) is 11.8 Å². The number of carbonyl (C=O) groups is 2. The quantitative estimate of drug-likeness (QED) is 0.907. The number of carbonyl (C=O) groups excluding carboxylic acids is 2. The summed E-state index contributed by atoms with van der Waals surface area (Å²) in [5.74, 6) is -0.237. The molecule has 0 spiro atoms. The fourth-order valence-corrected chi connectivity index (χ4v) is 3.03. The Bertz CT molecular complexity index is 756. The van der Waals surface area contributed by atoms with E-state index in [0.717, 1.165) is 29.8 Å². The highest BCUT2D eigenvalue weighted by molar-refractivity contribution is 5.95. The third-order valence-corrected chi connectivity index (χ3v) is 4.43. The third-order valence-electron chi connectivity index (χ3n) is 4.43. The molecule has 0 radical (unpaired) electrons. The molecule has 2 amide bonds. The summed E-state index contributed by atoms with van der Waals surface area (Å²) >= 11 is 0. The molecule has 25 heavy (non-hydrogen) atoms. The highest BCUT2D eigenvalue weighted by Crippen LogP contribution is 2.22. The first-order valence-corrected chi connectivity index (χ1v) is 8.47. The van der Waals surface area contributed by atoms with Crippen LogP contribution in [0.25, 0.3) is 0 Å². The number of anilines is 1. The lowest BCUT2D eigenvalue weighted by Crippen LogP contribution is -2.28. The summed E-state index contributed by atoms with van der Waals surface area (Å²) in [7, 11) is 0. The zero-order chi connectivity index (χ0) is 17.8. The SMILES string of the molecule is C[C@@H](NC(=O)Cc1ccc(N2CCCC2=O)cc1)c1ccc(F)cc1. The Morgan fingerprint density at radius 2 is 1.84 bits per heavy atom. The molecule has 2 aromatic carbocycles. The topological polar surface area (TPSA) is 49.4 Å². The number of rotatable bonds is 5. The number of hydrogen-bond acceptors (Lipinski definition) is 2. The van der Waals surface area contributed by atoms with Crippen molar-refractivity contribution >= 4 is 17.5 Å². The fourth-order valence-electron chi connectivity index (χ4n) is 3.03. The lowest BCUT2D eigenvalue weighted by molar-refractivity contribution is -0.121. The van der Waals surface area contributed by atoms with E-state index in [2.05, 4.69) is 5.32 Å². The van der Waals surface area contributed by atoms with Crippen molar-refractivity contribution in [3.05, 3.63) is 65.5 Å². The van der Waals surface area contributed by atoms with Gasteiger partial charge in [0, 0.05) is 18.7 Å². The number of amides is 2. The number of nitrogens with zero attached hydrogens (tertiary/aromatic N) is 1. The Balaban J connectivity index is 1.57. The van der Waals surface area contributed by atoms with Crippen LogP contribution in [-0.2, 0) is 16.0 Å². The molecule has 0 aliphatic carbocycles. The molecule has 1 atom stereocenters. The van der Waals surface area contributed by atoms with E-state index >= 15 is 0 Å². The van der Waals surface area contributed by atoms with Crippen molar-refractivity contribution in [2.75, 3.05) is 11.4 Å². The maximum atomic E-state index is 13.0. The molecule has 1 saturated heterocycles. The smallest absolute Gasteiger partial charge is 0.227 e. The van der Waals surface area contributed by atoms with E-state index in [9.17, 15) is 14.0 Å². The summed E-state index contributed by atoms with van der Waals surface area (Å²) in [5.41, 5.74) is 2.63. The second-order valence-corrected chi connectivity index (χ2v) is 6.33. The Morgan fingerprint density at radius 1 is 1.16 bits per heavy atom. The van der Waals surface area contributed by atoms with Gasteiger partial charge in [-0.1, -0.05) is 24.3 Å². The number of halogens is 1. The largest absolute Gasteiger partial charge is 0.349 e. The van der Waals surface area contributed by atoms with Crippen molar-refractivity contribution in [3.63, 3.8) is 0 Å². The molecule has 0 bridgehead atoms. The highest BCUT2D eigenvalue weighted by Gasteiger charge is 2.21. The van der Waals surface area contributed by atoms with Crippen LogP contribution in [0.2, 0.25) is 0 Å². The average molecular weight is 340 g/mol. The van der Waals surface area contributed by atoms with E-state index < -0.39 is 0 Å². The molecule has 2 aromatic rings. The van der Waals surface area contributed by atoms with Gasteiger partial charge in [-0.2, -0.15) is 0 Å². The summed E-state index contributed by atoms with van der Waals surface area (Å²) in [5, 5.41) is 2.91. The number of benzene rings is 2. The molecule has 1 N–H and O–H groups in total. The standard InChI is InChI=1S/C20H21FN2O2/c1-14(16-6-8-17(21)9-7-16)22-19(24)13-15-4-10-18(11-5-15)23-12-2-3-20(23)25/h4-11,14H,2-3,12-13H2,1H3,(H,22,24)/t14-/m1/s1. The van der Waals surface area contributed by atoms with Gasteiger partial charge in [0.15, 0.2) is 0 Å². The molecule has 3 rings (SSSR count). The van der Waals surface area contributed by atoms with Gasteiger partial charge >= 0.3 is 0 Å². The predicted molar refractivity (Wildman–Crippen MR) is 94.7 cm³/mol. The Kier molecular flexibility index (Phi) is 5.12. The van der Waals surface area contributed by atoms with Gasteiger partial charge in [-0.15, -0.1) is 0 Å². The highest BCUT2D eigenvalue weighted by atomic mass is 19.1. The van der Waals surface area contributed by atoms with Gasteiger partial charge in [-0.05, 0) is 48.7 Å². The van der Waals surface area contributed by atoms with Crippen LogP contribution in [0.5, 0.6) is 0 Å². The molecule has 1 aliphatic heterocycles. The first-order chi connectivity index (χ1) is 12.0. The minimum absolute atomic E-state index is 0.0955. The van der Waals surface area contributed by atoms with Crippen molar-refractivity contribution in [1.29, 1.82) is 0 Å². The fraction of sp³-hybridized carbons (Fsp3) is 0.300. The van der Waals surface area contributed by atoms with Gasteiger partial charge in [-0.25, -0.2) is 4.39 Å². The van der Waals surface area contributed by atoms with Crippen molar-refractivity contribution in [3.8, 4) is 0 Å². The van der Waals surface area contributed by atoms with Gasteiger partial charge in [-0.3, -0.25) is 9.59 Å². The summed E-state index contributed by atoms with van der Waals surface area (Å²) in [6.45, 7) is 2.63. The molecule has 0 saturated carbocycles. The van der Waals surface area contributed by atoms with E-state index in [4.69, 9.17) is 0 Å². The zero-order valence-corrected chi connectivity index (χ0v) is 14.2. The van der Waals surface area contributed by atoms with Crippen molar-refractivity contribution in [2.24, 2.45) is 0 Å². The minimum Gasteiger partial charge on any atom is -0.349 e. The van der Waals surface area contributed by atoms with Crippen LogP contribution in [0.3, 0.4) is 0 Å². The second kappa shape index (κ2) is 7.47. The Labute approximate surface area is 146 Å². The number of nitrogens with one attached hydrogen (secondary N) is 1. The first-order valence-electron chi connectivity index (χ1n) is 8.47. The first kappa shape index (κ1) is 17.1. The normalized spacial score (nSPS) is 15.3. The Morgan fingerprint density at radius 3 is 2.44 bits per heavy atom. The summed E-state index contributed by atoms with van der Waals surface area (Å²) in [6, 6.07) is 13.4. The molecule has 1 heterocycles. The molecule has 0 aromatic heterocycles. The predicted octanol–water partition coefficient (Wildman–Crippen LogP) is 3.37. The molecular weight excluding hydrogens is 319 g/mol. The van der Waals surface area contributed by atoms with Crippen molar-refractivity contribution < 1.29 is 14.0 Å². The summed E-state index contributed by atoms with van der Waals surface area (Å²) < 4.78 is 13.0. The summed E-state index contributed by atoms with van der Waals surface area (Å²) in [4.78, 5) is 25.7.